The Hall–Kier alpha value is 0.870. The normalized spacial score (nSPS) is 12.5. The molecule has 0 aromatic rings. The molecule has 3 heteroatoms. The van der Waals surface area contributed by atoms with Crippen molar-refractivity contribution < 1.29 is 0 Å². The van der Waals surface area contributed by atoms with E-state index < -0.39 is 7.77 Å². The van der Waals surface area contributed by atoms with E-state index in [1.54, 1.807) is 0 Å². The van der Waals surface area contributed by atoms with Gasteiger partial charge < -0.3 is 0 Å². The molecule has 0 spiro atoms. The molecule has 0 aromatic heterocycles. The molecule has 6 heavy (non-hydrogen) atoms. The van der Waals surface area contributed by atoms with Gasteiger partial charge in [-0.15, -0.1) is 7.77 Å². The summed E-state index contributed by atoms with van der Waals surface area (Å²) in [6.07, 6.45) is 4.26. The van der Waals surface area contributed by atoms with Gasteiger partial charge in [-0.05, 0) is 19.2 Å². The largest absolute Gasteiger partial charge is 0.131 e. The lowest BCUT2D eigenvalue weighted by Crippen LogP contribution is -1.79. The summed E-state index contributed by atoms with van der Waals surface area (Å²) in [5.74, 6) is 0. The fourth-order valence-corrected chi connectivity index (χ4v) is 0. The molecule has 0 rings (SSSR count). The predicted octanol–water partition coefficient (Wildman–Crippen LogP) is 1.35. The molecule has 0 nitrogen and oxygen atoms in total. The summed E-state index contributed by atoms with van der Waals surface area (Å²) in [5, 5.41) is 0. The van der Waals surface area contributed by atoms with Crippen LogP contribution in [0.3, 0.4) is 0 Å². The number of hydrogen-bond donors (Lipinski definition) is 0. The Balaban J connectivity index is 4.24. The highest BCUT2D eigenvalue weighted by molar-refractivity contribution is 8.51. The first kappa shape index (κ1) is 6.87. The lowest BCUT2D eigenvalue weighted by molar-refractivity contribution is 2.33. The zero-order chi connectivity index (χ0) is 5.21. The van der Waals surface area contributed by atoms with Gasteiger partial charge in [0, 0.05) is 0 Å². The Kier molecular flexibility index (Phi) is 2.57. The van der Waals surface area contributed by atoms with Crippen LogP contribution in [0.25, 0.3) is 0 Å². The fraction of sp³-hybridized carbons (Fsp3) is 1.00. The fourth-order valence-electron chi connectivity index (χ4n) is 0. The van der Waals surface area contributed by atoms with Crippen LogP contribution in [0.1, 0.15) is 0 Å². The van der Waals surface area contributed by atoms with Gasteiger partial charge >= 0.3 is 0 Å². The first-order valence-corrected chi connectivity index (χ1v) is 6.93. The predicted molar refractivity (Wildman–Crippen MR) is 39.4 cm³/mol. The van der Waals surface area contributed by atoms with Crippen molar-refractivity contribution in [3.63, 3.8) is 0 Å². The lowest BCUT2D eigenvalue weighted by Gasteiger charge is -1.87. The second kappa shape index (κ2) is 2.25. The van der Waals surface area contributed by atoms with E-state index in [1.807, 2.05) is 0 Å². The topological polar surface area (TPSA) is 0 Å². The van der Waals surface area contributed by atoms with Crippen LogP contribution in [0.15, 0.2) is 0 Å². The molecule has 0 saturated heterocycles. The third kappa shape index (κ3) is 4.87. The number of hydrogen-bond acceptors (Lipinski definition) is 1. The van der Waals surface area contributed by atoms with Crippen LogP contribution >= 0.6 is 7.36 Å². The highest BCUT2D eigenvalue weighted by Gasteiger charge is 1.72. The Labute approximate surface area is 45.9 Å². The first-order chi connectivity index (χ1) is 2.56. The van der Waals surface area contributed by atoms with Crippen molar-refractivity contribution >= 4 is 26.3 Å². The average molecular weight is 140 g/mol. The summed E-state index contributed by atoms with van der Waals surface area (Å²) < 4.78 is 0. The molecule has 0 fully saturated rings. The minimum absolute atomic E-state index is 0.606. The molecule has 0 heterocycles. The molecular weight excluding hydrogens is 131 g/mol. The van der Waals surface area contributed by atoms with Crippen LogP contribution in [0.4, 0.5) is 0 Å². The zero-order valence-corrected chi connectivity index (χ0v) is 6.79. The minimum atomic E-state index is -0.606. The molecule has 38 valence electrons. The highest BCUT2D eigenvalue weighted by atomic mass is 33.0. The Morgan fingerprint density at radius 3 is 1.67 bits per heavy atom. The van der Waals surface area contributed by atoms with Gasteiger partial charge in [-0.1, -0.05) is 18.5 Å². The Morgan fingerprint density at radius 2 is 1.67 bits per heavy atom. The highest BCUT2D eigenvalue weighted by Crippen LogP contribution is 1.96. The summed E-state index contributed by atoms with van der Waals surface area (Å²) in [5.41, 5.74) is 0. The van der Waals surface area contributed by atoms with E-state index in [-0.39, 0.29) is 0 Å². The second-order valence-electron chi connectivity index (χ2n) is 1.36. The Morgan fingerprint density at radius 1 is 1.50 bits per heavy atom. The molecule has 0 amide bonds. The van der Waals surface area contributed by atoms with Gasteiger partial charge in [-0.3, -0.25) is 0 Å². The summed E-state index contributed by atoms with van der Waals surface area (Å²) in [7, 11) is 0.766. The maximum absolute atomic E-state index is 5.06. The van der Waals surface area contributed by atoms with Crippen LogP contribution in [0.2, 0.25) is 0 Å². The van der Waals surface area contributed by atoms with E-state index in [0.29, 0.717) is 0 Å². The average Bonchev–Trinajstić information content (AvgIpc) is 1.35. The molecule has 0 radical (unpaired) electrons. The SMILES string of the molecule is CP=S(C)(C)=S. The molecule has 0 aliphatic heterocycles. The van der Waals surface area contributed by atoms with Crippen LogP contribution in [0, 0.1) is 0 Å². The molecule has 0 unspecified atom stereocenters. The van der Waals surface area contributed by atoms with Gasteiger partial charge in [0.15, 0.2) is 0 Å². The summed E-state index contributed by atoms with van der Waals surface area (Å²) in [4.78, 5) is 0. The van der Waals surface area contributed by atoms with E-state index in [2.05, 4.69) is 19.2 Å². The molecular formula is C3H9PS2. The van der Waals surface area contributed by atoms with Crippen LogP contribution in [-0.4, -0.2) is 19.2 Å². The monoisotopic (exact) mass is 140 g/mol. The van der Waals surface area contributed by atoms with E-state index >= 15 is 0 Å². The van der Waals surface area contributed by atoms with Crippen molar-refractivity contribution in [3.05, 3.63) is 0 Å². The van der Waals surface area contributed by atoms with E-state index in [4.69, 9.17) is 11.2 Å². The quantitative estimate of drug-likeness (QED) is 0.458. The number of rotatable bonds is 0. The van der Waals surface area contributed by atoms with Gasteiger partial charge in [0.1, 0.15) is 0 Å². The summed E-state index contributed by atoms with van der Waals surface area (Å²) in [6, 6.07) is 0. The van der Waals surface area contributed by atoms with Gasteiger partial charge in [-0.2, -0.15) is 0 Å². The smallest absolute Gasteiger partial charge is 0.0153 e. The molecule has 0 N–H and O–H groups in total. The zero-order valence-electron chi connectivity index (χ0n) is 4.26. The maximum atomic E-state index is 5.06. The first-order valence-electron chi connectivity index (χ1n) is 1.61. The summed E-state index contributed by atoms with van der Waals surface area (Å²) in [6.45, 7) is 2.11. The third-order valence-electron chi connectivity index (χ3n) is 0.440. The van der Waals surface area contributed by atoms with Crippen LogP contribution in [-0.2, 0) is 19.0 Å². The molecule has 0 bridgehead atoms. The van der Waals surface area contributed by atoms with E-state index in [1.165, 1.54) is 7.36 Å². The molecule has 0 saturated carbocycles. The lowest BCUT2D eigenvalue weighted by atomic mass is 11.9. The maximum Gasteiger partial charge on any atom is -0.0153 e. The van der Waals surface area contributed by atoms with Crippen molar-refractivity contribution in [2.75, 3.05) is 19.2 Å². The summed E-state index contributed by atoms with van der Waals surface area (Å²) >= 11 is 5.06. The van der Waals surface area contributed by atoms with Crippen LogP contribution < -0.4 is 0 Å². The molecule has 0 aliphatic carbocycles. The van der Waals surface area contributed by atoms with Crippen molar-refractivity contribution in [1.29, 1.82) is 0 Å². The Bertz CT molecular complexity index is 122. The second-order valence-corrected chi connectivity index (χ2v) is 11.2. The van der Waals surface area contributed by atoms with Gasteiger partial charge in [0.25, 0.3) is 0 Å². The van der Waals surface area contributed by atoms with Gasteiger partial charge in [0.2, 0.25) is 0 Å². The third-order valence-corrected chi connectivity index (χ3v) is 5.30. The molecule has 0 aromatic carbocycles. The van der Waals surface area contributed by atoms with E-state index in [0.717, 1.165) is 0 Å². The molecule has 0 atom stereocenters. The van der Waals surface area contributed by atoms with Crippen molar-refractivity contribution in [2.24, 2.45) is 0 Å². The van der Waals surface area contributed by atoms with Gasteiger partial charge in [0.05, 0.1) is 0 Å². The van der Waals surface area contributed by atoms with E-state index in [9.17, 15) is 0 Å². The van der Waals surface area contributed by atoms with Crippen molar-refractivity contribution in [2.45, 2.75) is 0 Å². The van der Waals surface area contributed by atoms with Crippen molar-refractivity contribution in [1.82, 2.24) is 0 Å². The minimum Gasteiger partial charge on any atom is -0.131 e. The molecule has 0 aliphatic rings. The van der Waals surface area contributed by atoms with Crippen LogP contribution in [0.5, 0.6) is 0 Å². The van der Waals surface area contributed by atoms with Gasteiger partial charge in [-0.25, -0.2) is 0 Å². The van der Waals surface area contributed by atoms with Crippen molar-refractivity contribution in [3.8, 4) is 0 Å². The standard InChI is InChI=1S/C3H9PS2/c1-4-6(2,3)5/h1-3H3.